The molecule has 1 saturated heterocycles. The summed E-state index contributed by atoms with van der Waals surface area (Å²) in [5.41, 5.74) is 0.501. The first-order chi connectivity index (χ1) is 13.6. The number of carboxylic acid groups (broad SMARTS) is 1. The fourth-order valence-corrected chi connectivity index (χ4v) is 5.31. The summed E-state index contributed by atoms with van der Waals surface area (Å²) in [7, 11) is -4.08. The first kappa shape index (κ1) is 21.3. The molecule has 1 fully saturated rings. The average molecular weight is 419 g/mol. The Bertz CT molecular complexity index is 984. The quantitative estimate of drug-likeness (QED) is 0.746. The van der Waals surface area contributed by atoms with E-state index in [9.17, 15) is 23.4 Å². The molecule has 2 N–H and O–H groups in total. The van der Waals surface area contributed by atoms with Gasteiger partial charge in [-0.25, -0.2) is 8.42 Å². The zero-order valence-electron chi connectivity index (χ0n) is 16.4. The number of ether oxygens (including phenoxy) is 1. The Balaban J connectivity index is 1.79. The van der Waals surface area contributed by atoms with Gasteiger partial charge in [0.25, 0.3) is 0 Å². The van der Waals surface area contributed by atoms with E-state index in [0.29, 0.717) is 18.8 Å². The molecule has 3 rings (SSSR count). The molecule has 2 unspecified atom stereocenters. The molecule has 29 heavy (non-hydrogen) atoms. The largest absolute Gasteiger partial charge is 0.489 e. The molecule has 0 bridgehead atoms. The minimum absolute atomic E-state index is 0.0373. The molecule has 0 amide bonds. The first-order valence-electron chi connectivity index (χ1n) is 9.37. The van der Waals surface area contributed by atoms with E-state index in [-0.39, 0.29) is 17.9 Å². The van der Waals surface area contributed by atoms with Crippen molar-refractivity contribution in [1.29, 1.82) is 0 Å². The number of aliphatic hydroxyl groups is 1. The van der Waals surface area contributed by atoms with Crippen LogP contribution < -0.4 is 4.74 Å². The van der Waals surface area contributed by atoms with Gasteiger partial charge in [0.05, 0.1) is 10.5 Å². The summed E-state index contributed by atoms with van der Waals surface area (Å²) >= 11 is 0. The SMILES string of the molecule is Cc1ccccc1COc1ccc(S(=O)(=O)N2CCCC(C)(O)C2C(=O)O)cc1. The van der Waals surface area contributed by atoms with Crippen molar-refractivity contribution in [3.63, 3.8) is 0 Å². The Labute approximate surface area is 170 Å². The molecule has 1 heterocycles. The van der Waals surface area contributed by atoms with Gasteiger partial charge in [0, 0.05) is 6.54 Å². The minimum Gasteiger partial charge on any atom is -0.489 e. The van der Waals surface area contributed by atoms with Gasteiger partial charge in [-0.2, -0.15) is 4.31 Å². The van der Waals surface area contributed by atoms with Gasteiger partial charge in [0.15, 0.2) is 6.04 Å². The van der Waals surface area contributed by atoms with Crippen molar-refractivity contribution in [3.05, 3.63) is 59.7 Å². The van der Waals surface area contributed by atoms with E-state index in [1.807, 2.05) is 31.2 Å². The number of rotatable bonds is 6. The number of aryl methyl sites for hydroxylation is 1. The van der Waals surface area contributed by atoms with Crippen LogP contribution in [0.4, 0.5) is 0 Å². The predicted molar refractivity (Wildman–Crippen MR) is 107 cm³/mol. The molecular weight excluding hydrogens is 394 g/mol. The molecule has 2 aromatic carbocycles. The molecule has 0 aromatic heterocycles. The van der Waals surface area contributed by atoms with Crippen LogP contribution in [0.3, 0.4) is 0 Å². The fraction of sp³-hybridized carbons (Fsp3) is 0.381. The van der Waals surface area contributed by atoms with Gasteiger partial charge >= 0.3 is 5.97 Å². The van der Waals surface area contributed by atoms with E-state index in [1.54, 1.807) is 12.1 Å². The highest BCUT2D eigenvalue weighted by Crippen LogP contribution is 2.32. The molecule has 0 radical (unpaired) electrons. The Hall–Kier alpha value is -2.42. The van der Waals surface area contributed by atoms with Crippen LogP contribution in [-0.2, 0) is 21.4 Å². The highest BCUT2D eigenvalue weighted by atomic mass is 32.2. The van der Waals surface area contributed by atoms with Crippen LogP contribution in [0.1, 0.15) is 30.9 Å². The molecule has 8 heteroatoms. The maximum absolute atomic E-state index is 13.0. The number of nitrogens with zero attached hydrogens (tertiary/aromatic N) is 1. The van der Waals surface area contributed by atoms with E-state index in [0.717, 1.165) is 15.4 Å². The summed E-state index contributed by atoms with van der Waals surface area (Å²) in [6.07, 6.45) is 0.606. The smallest absolute Gasteiger partial charge is 0.325 e. The minimum atomic E-state index is -4.08. The lowest BCUT2D eigenvalue weighted by molar-refractivity contribution is -0.153. The Morgan fingerprint density at radius 2 is 1.86 bits per heavy atom. The van der Waals surface area contributed by atoms with Crippen LogP contribution in [0.15, 0.2) is 53.4 Å². The summed E-state index contributed by atoms with van der Waals surface area (Å²) < 4.78 is 32.7. The lowest BCUT2D eigenvalue weighted by atomic mass is 9.88. The molecule has 1 aliphatic rings. The Kier molecular flexibility index (Phi) is 5.97. The van der Waals surface area contributed by atoms with Crippen molar-refractivity contribution < 1.29 is 28.2 Å². The van der Waals surface area contributed by atoms with E-state index in [1.165, 1.54) is 19.1 Å². The summed E-state index contributed by atoms with van der Waals surface area (Å²) in [4.78, 5) is 11.6. The molecule has 156 valence electrons. The molecule has 0 aliphatic carbocycles. The third-order valence-corrected chi connectivity index (χ3v) is 7.14. The first-order valence-corrected chi connectivity index (χ1v) is 10.8. The highest BCUT2D eigenvalue weighted by molar-refractivity contribution is 7.89. The van der Waals surface area contributed by atoms with Crippen LogP contribution in [0.25, 0.3) is 0 Å². The zero-order chi connectivity index (χ0) is 21.2. The summed E-state index contributed by atoms with van der Waals surface area (Å²) in [5.74, 6) is -0.857. The number of carbonyl (C=O) groups is 1. The molecule has 0 saturated carbocycles. The second kappa shape index (κ2) is 8.14. The van der Waals surface area contributed by atoms with E-state index < -0.39 is 27.6 Å². The van der Waals surface area contributed by atoms with Crippen LogP contribution in [0, 0.1) is 6.92 Å². The normalized spacial score (nSPS) is 22.9. The topological polar surface area (TPSA) is 104 Å². The van der Waals surface area contributed by atoms with Gasteiger partial charge in [0.2, 0.25) is 10.0 Å². The Morgan fingerprint density at radius 3 is 2.48 bits per heavy atom. The Morgan fingerprint density at radius 1 is 1.21 bits per heavy atom. The van der Waals surface area contributed by atoms with Gasteiger partial charge < -0.3 is 14.9 Å². The highest BCUT2D eigenvalue weighted by Gasteiger charge is 2.49. The van der Waals surface area contributed by atoms with Gasteiger partial charge in [-0.1, -0.05) is 24.3 Å². The van der Waals surface area contributed by atoms with Crippen LogP contribution in [0.2, 0.25) is 0 Å². The molecule has 7 nitrogen and oxygen atoms in total. The summed E-state index contributed by atoms with van der Waals surface area (Å²) in [5, 5.41) is 19.9. The van der Waals surface area contributed by atoms with Crippen LogP contribution in [-0.4, -0.2) is 47.1 Å². The lowest BCUT2D eigenvalue weighted by Crippen LogP contribution is -2.60. The third-order valence-electron chi connectivity index (χ3n) is 5.26. The number of hydrogen-bond donors (Lipinski definition) is 2. The fourth-order valence-electron chi connectivity index (χ4n) is 3.59. The van der Waals surface area contributed by atoms with E-state index in [2.05, 4.69) is 0 Å². The lowest BCUT2D eigenvalue weighted by Gasteiger charge is -2.41. The van der Waals surface area contributed by atoms with Gasteiger partial charge in [0.1, 0.15) is 12.4 Å². The third kappa shape index (κ3) is 4.44. The van der Waals surface area contributed by atoms with Crippen molar-refractivity contribution >= 4 is 16.0 Å². The van der Waals surface area contributed by atoms with Crippen molar-refractivity contribution in [2.75, 3.05) is 6.54 Å². The molecule has 0 spiro atoms. The number of benzene rings is 2. The molecule has 2 aromatic rings. The molecule has 1 aliphatic heterocycles. The number of hydrogen-bond acceptors (Lipinski definition) is 5. The number of aliphatic carboxylic acids is 1. The van der Waals surface area contributed by atoms with Crippen LogP contribution >= 0.6 is 0 Å². The number of carboxylic acids is 1. The van der Waals surface area contributed by atoms with Gasteiger partial charge in [-0.05, 0) is 62.1 Å². The van der Waals surface area contributed by atoms with Gasteiger partial charge in [-0.15, -0.1) is 0 Å². The van der Waals surface area contributed by atoms with Crippen molar-refractivity contribution in [1.82, 2.24) is 4.31 Å². The van der Waals surface area contributed by atoms with Crippen molar-refractivity contribution in [2.24, 2.45) is 0 Å². The van der Waals surface area contributed by atoms with E-state index >= 15 is 0 Å². The number of piperidine rings is 1. The maximum atomic E-state index is 13.0. The van der Waals surface area contributed by atoms with Crippen molar-refractivity contribution in [2.45, 2.75) is 49.8 Å². The van der Waals surface area contributed by atoms with Crippen molar-refractivity contribution in [3.8, 4) is 5.75 Å². The zero-order valence-corrected chi connectivity index (χ0v) is 17.2. The second-order valence-corrected chi connectivity index (χ2v) is 9.39. The van der Waals surface area contributed by atoms with Crippen LogP contribution in [0.5, 0.6) is 5.75 Å². The predicted octanol–water partition coefficient (Wildman–Crippen LogP) is 2.56. The second-order valence-electron chi connectivity index (χ2n) is 7.50. The summed E-state index contributed by atoms with van der Waals surface area (Å²) in [6.45, 7) is 3.74. The molecule has 2 atom stereocenters. The monoisotopic (exact) mass is 419 g/mol. The van der Waals surface area contributed by atoms with E-state index in [4.69, 9.17) is 4.74 Å². The number of sulfonamides is 1. The van der Waals surface area contributed by atoms with Gasteiger partial charge in [-0.3, -0.25) is 4.79 Å². The maximum Gasteiger partial charge on any atom is 0.325 e. The average Bonchev–Trinajstić information content (AvgIpc) is 2.66. The standard InChI is InChI=1S/C21H25NO6S/c1-15-6-3-4-7-16(15)14-28-17-8-10-18(11-9-17)29(26,27)22-13-5-12-21(2,25)19(22)20(23)24/h3-4,6-11,19,25H,5,12-14H2,1-2H3,(H,23,24). The summed E-state index contributed by atoms with van der Waals surface area (Å²) in [6, 6.07) is 12.2. The molecular formula is C21H25NO6S.